The van der Waals surface area contributed by atoms with E-state index in [4.69, 9.17) is 0 Å². The lowest BCUT2D eigenvalue weighted by molar-refractivity contribution is -0.133. The highest BCUT2D eigenvalue weighted by Gasteiger charge is 2.35. The predicted molar refractivity (Wildman–Crippen MR) is 113 cm³/mol. The number of carbonyl (C=O) groups excluding carboxylic acids is 2. The van der Waals surface area contributed by atoms with Crippen molar-refractivity contribution in [2.45, 2.75) is 51.1 Å². The summed E-state index contributed by atoms with van der Waals surface area (Å²) in [6.45, 7) is 4.48. The van der Waals surface area contributed by atoms with Crippen LogP contribution in [0.25, 0.3) is 0 Å². The van der Waals surface area contributed by atoms with Crippen molar-refractivity contribution >= 4 is 30.0 Å². The second-order valence-corrected chi connectivity index (χ2v) is 8.35. The fourth-order valence-corrected chi connectivity index (χ4v) is 4.80. The lowest BCUT2D eigenvalue weighted by Crippen LogP contribution is -2.52. The molecule has 0 radical (unpaired) electrons. The van der Waals surface area contributed by atoms with E-state index in [-0.39, 0.29) is 24.3 Å². The average Bonchev–Trinajstić information content (AvgIpc) is 3.00. The van der Waals surface area contributed by atoms with E-state index in [0.29, 0.717) is 50.6 Å². The summed E-state index contributed by atoms with van der Waals surface area (Å²) < 4.78 is 0. The zero-order valence-electron chi connectivity index (χ0n) is 16.5. The number of nitrogens with zero attached hydrogens (tertiary/aromatic N) is 2. The van der Waals surface area contributed by atoms with E-state index in [1.165, 1.54) is 12.8 Å². The minimum absolute atomic E-state index is 0. The van der Waals surface area contributed by atoms with Gasteiger partial charge in [0.05, 0.1) is 0 Å². The van der Waals surface area contributed by atoms with Crippen molar-refractivity contribution in [1.29, 1.82) is 0 Å². The van der Waals surface area contributed by atoms with Crippen LogP contribution in [0.3, 0.4) is 0 Å². The third-order valence-electron chi connectivity index (χ3n) is 6.22. The second-order valence-electron chi connectivity index (χ2n) is 8.35. The molecule has 2 N–H and O–H groups in total. The number of benzene rings is 1. The molecule has 3 aliphatic heterocycles. The van der Waals surface area contributed by atoms with Crippen molar-refractivity contribution in [1.82, 2.24) is 15.1 Å². The zero-order chi connectivity index (χ0) is 18.8. The molecular formula is C21H31ClN4O2. The molecule has 1 aromatic rings. The summed E-state index contributed by atoms with van der Waals surface area (Å²) in [6, 6.07) is 8.98. The van der Waals surface area contributed by atoms with Crippen LogP contribution in [0.2, 0.25) is 0 Å². The maximum Gasteiger partial charge on any atom is 0.321 e. The highest BCUT2D eigenvalue weighted by molar-refractivity contribution is 5.89. The third kappa shape index (κ3) is 4.97. The number of carbonyl (C=O) groups is 2. The van der Waals surface area contributed by atoms with Gasteiger partial charge in [0.15, 0.2) is 0 Å². The van der Waals surface area contributed by atoms with E-state index < -0.39 is 0 Å². The van der Waals surface area contributed by atoms with Crippen molar-refractivity contribution in [3.8, 4) is 0 Å². The first-order valence-electron chi connectivity index (χ1n) is 10.2. The number of piperazine rings is 1. The number of aryl methyl sites for hydroxylation is 1. The van der Waals surface area contributed by atoms with Crippen LogP contribution in [0.1, 0.15) is 37.7 Å². The first-order valence-corrected chi connectivity index (χ1v) is 10.2. The number of fused-ring (bicyclic) bond motifs is 2. The van der Waals surface area contributed by atoms with Crippen molar-refractivity contribution in [3.05, 3.63) is 29.8 Å². The second kappa shape index (κ2) is 9.14. The normalized spacial score (nSPS) is 26.5. The van der Waals surface area contributed by atoms with Gasteiger partial charge >= 0.3 is 6.03 Å². The summed E-state index contributed by atoms with van der Waals surface area (Å²) in [5.74, 6) is 0.791. The Morgan fingerprint density at radius 2 is 1.71 bits per heavy atom. The predicted octanol–water partition coefficient (Wildman–Crippen LogP) is 3.01. The Balaban J connectivity index is 0.00000225. The van der Waals surface area contributed by atoms with Gasteiger partial charge in [-0.15, -0.1) is 12.4 Å². The van der Waals surface area contributed by atoms with Crippen LogP contribution >= 0.6 is 12.4 Å². The summed E-state index contributed by atoms with van der Waals surface area (Å²) in [4.78, 5) is 28.9. The van der Waals surface area contributed by atoms with E-state index in [9.17, 15) is 9.59 Å². The number of piperidine rings is 1. The topological polar surface area (TPSA) is 64.7 Å². The summed E-state index contributed by atoms with van der Waals surface area (Å²) >= 11 is 0. The number of hydrogen-bond acceptors (Lipinski definition) is 3. The van der Waals surface area contributed by atoms with Gasteiger partial charge in [-0.1, -0.05) is 12.1 Å². The largest absolute Gasteiger partial charge is 0.339 e. The summed E-state index contributed by atoms with van der Waals surface area (Å²) in [5, 5.41) is 6.59. The molecule has 28 heavy (non-hydrogen) atoms. The number of rotatable bonds is 3. The summed E-state index contributed by atoms with van der Waals surface area (Å²) in [7, 11) is 0. The van der Waals surface area contributed by atoms with Crippen molar-refractivity contribution in [3.63, 3.8) is 0 Å². The molecule has 7 heteroatoms. The Labute approximate surface area is 173 Å². The standard InChI is InChI=1S/C21H30N4O2.ClH/c1-15-3-2-4-17(11-15)23-21(27)25-9-7-24(8-10-25)20(26)14-16-12-18-5-6-19(13-16)22-18;/h2-4,11,16,18-19,22H,5-10,12-14H2,1H3,(H,23,27);1H. The van der Waals surface area contributed by atoms with E-state index in [2.05, 4.69) is 10.6 Å². The monoisotopic (exact) mass is 406 g/mol. The van der Waals surface area contributed by atoms with Gasteiger partial charge < -0.3 is 20.4 Å². The number of halogens is 1. The maximum absolute atomic E-state index is 12.7. The first-order chi connectivity index (χ1) is 13.1. The lowest BCUT2D eigenvalue weighted by Gasteiger charge is -2.36. The lowest BCUT2D eigenvalue weighted by atomic mass is 9.89. The van der Waals surface area contributed by atoms with Gasteiger partial charge in [0.25, 0.3) is 0 Å². The summed E-state index contributed by atoms with van der Waals surface area (Å²) in [6.07, 6.45) is 5.49. The molecule has 3 amide bonds. The summed E-state index contributed by atoms with van der Waals surface area (Å²) in [5.41, 5.74) is 1.94. The molecule has 0 saturated carbocycles. The Bertz CT molecular complexity index is 693. The van der Waals surface area contributed by atoms with Gasteiger partial charge in [-0.2, -0.15) is 0 Å². The van der Waals surface area contributed by atoms with Crippen LogP contribution < -0.4 is 10.6 Å². The highest BCUT2D eigenvalue weighted by Crippen LogP contribution is 2.33. The van der Waals surface area contributed by atoms with Gasteiger partial charge in [0, 0.05) is 50.4 Å². The van der Waals surface area contributed by atoms with Crippen molar-refractivity contribution in [2.75, 3.05) is 31.5 Å². The highest BCUT2D eigenvalue weighted by atomic mass is 35.5. The smallest absolute Gasteiger partial charge is 0.321 e. The molecule has 2 unspecified atom stereocenters. The number of amides is 3. The molecule has 3 saturated heterocycles. The Kier molecular flexibility index (Phi) is 6.83. The van der Waals surface area contributed by atoms with Gasteiger partial charge in [-0.25, -0.2) is 4.79 Å². The van der Waals surface area contributed by atoms with Crippen molar-refractivity contribution < 1.29 is 9.59 Å². The molecular weight excluding hydrogens is 376 g/mol. The van der Waals surface area contributed by atoms with Crippen molar-refractivity contribution in [2.24, 2.45) is 5.92 Å². The average molecular weight is 407 g/mol. The molecule has 6 nitrogen and oxygen atoms in total. The SMILES string of the molecule is Cc1cccc(NC(=O)N2CCN(C(=O)CC3CC4CCC(C3)N4)CC2)c1.Cl. The van der Waals surface area contributed by atoms with Crippen LogP contribution in [0.4, 0.5) is 10.5 Å². The third-order valence-corrected chi connectivity index (χ3v) is 6.22. The minimum atomic E-state index is -0.0809. The molecule has 3 aliphatic rings. The molecule has 2 atom stereocenters. The van der Waals surface area contributed by atoms with E-state index >= 15 is 0 Å². The number of nitrogens with one attached hydrogen (secondary N) is 2. The number of hydrogen-bond donors (Lipinski definition) is 2. The minimum Gasteiger partial charge on any atom is -0.339 e. The van der Waals surface area contributed by atoms with Crippen LogP contribution in [0, 0.1) is 12.8 Å². The fraction of sp³-hybridized carbons (Fsp3) is 0.619. The van der Waals surface area contributed by atoms with E-state index in [1.807, 2.05) is 36.1 Å². The molecule has 2 bridgehead atoms. The maximum atomic E-state index is 12.7. The van der Waals surface area contributed by atoms with Gasteiger partial charge in [0.2, 0.25) is 5.91 Å². The molecule has 154 valence electrons. The van der Waals surface area contributed by atoms with Crippen LogP contribution in [0.15, 0.2) is 24.3 Å². The van der Waals surface area contributed by atoms with Gasteiger partial charge in [0.1, 0.15) is 0 Å². The van der Waals surface area contributed by atoms with Crippen LogP contribution in [-0.2, 0) is 4.79 Å². The molecule has 3 heterocycles. The first kappa shape index (κ1) is 20.9. The zero-order valence-corrected chi connectivity index (χ0v) is 17.3. The van der Waals surface area contributed by atoms with Crippen LogP contribution in [0.5, 0.6) is 0 Å². The number of urea groups is 1. The Hall–Kier alpha value is -1.79. The molecule has 1 aromatic carbocycles. The Morgan fingerprint density at radius 3 is 2.36 bits per heavy atom. The quantitative estimate of drug-likeness (QED) is 0.810. The van der Waals surface area contributed by atoms with Crippen LogP contribution in [-0.4, -0.2) is 60.0 Å². The van der Waals surface area contributed by atoms with Gasteiger partial charge in [-0.3, -0.25) is 4.79 Å². The molecule has 3 fully saturated rings. The fourth-order valence-electron chi connectivity index (χ4n) is 4.80. The molecule has 0 aliphatic carbocycles. The molecule has 0 spiro atoms. The van der Waals surface area contributed by atoms with E-state index in [1.54, 1.807) is 4.90 Å². The molecule has 4 rings (SSSR count). The Morgan fingerprint density at radius 1 is 1.07 bits per heavy atom. The molecule has 0 aromatic heterocycles. The number of anilines is 1. The van der Waals surface area contributed by atoms with Gasteiger partial charge in [-0.05, 0) is 56.2 Å². The van der Waals surface area contributed by atoms with E-state index in [0.717, 1.165) is 24.1 Å².